The van der Waals surface area contributed by atoms with E-state index in [1.165, 1.54) is 0 Å². The maximum Gasteiger partial charge on any atom is 0.328 e. The van der Waals surface area contributed by atoms with Crippen LogP contribution in [0.4, 0.5) is 0 Å². The van der Waals surface area contributed by atoms with Crippen LogP contribution in [0.15, 0.2) is 53.0 Å². The van der Waals surface area contributed by atoms with Crippen molar-refractivity contribution in [3.63, 3.8) is 0 Å². The lowest BCUT2D eigenvalue weighted by Gasteiger charge is -2.14. The molecular formula is C18H15BrN2O3. The van der Waals surface area contributed by atoms with E-state index >= 15 is 0 Å². The molecule has 0 bridgehead atoms. The number of carbonyl (C=O) groups excluding carboxylic acids is 2. The summed E-state index contributed by atoms with van der Waals surface area (Å²) in [7, 11) is 0. The number of nitrogens with zero attached hydrogens (tertiary/aromatic N) is 1. The maximum atomic E-state index is 12.1. The third-order valence-corrected chi connectivity index (χ3v) is 3.84. The molecule has 24 heavy (non-hydrogen) atoms. The second-order valence-electron chi connectivity index (χ2n) is 5.08. The number of hydrogen-bond donors (Lipinski definition) is 1. The summed E-state index contributed by atoms with van der Waals surface area (Å²) in [6, 6.07) is 14.9. The van der Waals surface area contributed by atoms with E-state index in [4.69, 9.17) is 10.00 Å². The summed E-state index contributed by atoms with van der Waals surface area (Å²) >= 11 is 3.29. The number of amides is 1. The highest BCUT2D eigenvalue weighted by Gasteiger charge is 2.18. The average molecular weight is 387 g/mol. The number of benzene rings is 2. The van der Waals surface area contributed by atoms with Gasteiger partial charge in [-0.25, -0.2) is 4.79 Å². The van der Waals surface area contributed by atoms with Gasteiger partial charge in [-0.05, 0) is 37.3 Å². The van der Waals surface area contributed by atoms with Crippen LogP contribution in [-0.4, -0.2) is 17.9 Å². The zero-order valence-electron chi connectivity index (χ0n) is 13.0. The number of ether oxygens (including phenoxy) is 1. The third kappa shape index (κ3) is 4.67. The number of hydrogen-bond acceptors (Lipinski definition) is 4. The molecule has 2 rings (SSSR count). The number of esters is 1. The van der Waals surface area contributed by atoms with Crippen LogP contribution in [-0.2, 0) is 16.1 Å². The third-order valence-electron chi connectivity index (χ3n) is 3.32. The molecule has 0 radical (unpaired) electrons. The van der Waals surface area contributed by atoms with Crippen LogP contribution in [0.2, 0.25) is 0 Å². The Bertz CT molecular complexity index is 782. The number of nitriles is 1. The van der Waals surface area contributed by atoms with Gasteiger partial charge in [-0.1, -0.05) is 34.1 Å². The van der Waals surface area contributed by atoms with E-state index in [0.717, 1.165) is 4.47 Å². The molecule has 1 atom stereocenters. The number of carbonyl (C=O) groups is 2. The van der Waals surface area contributed by atoms with E-state index < -0.39 is 12.0 Å². The average Bonchev–Trinajstić information content (AvgIpc) is 2.60. The Balaban J connectivity index is 1.91. The molecule has 0 fully saturated rings. The van der Waals surface area contributed by atoms with Gasteiger partial charge in [0, 0.05) is 15.6 Å². The highest BCUT2D eigenvalue weighted by atomic mass is 79.9. The minimum atomic E-state index is -0.796. The van der Waals surface area contributed by atoms with Crippen LogP contribution in [0.3, 0.4) is 0 Å². The molecule has 0 saturated heterocycles. The molecule has 5 nitrogen and oxygen atoms in total. The molecule has 0 aliphatic rings. The van der Waals surface area contributed by atoms with Crippen molar-refractivity contribution in [3.8, 4) is 6.07 Å². The molecule has 6 heteroatoms. The molecule has 0 heterocycles. The van der Waals surface area contributed by atoms with E-state index in [9.17, 15) is 9.59 Å². The summed E-state index contributed by atoms with van der Waals surface area (Å²) < 4.78 is 6.04. The zero-order valence-corrected chi connectivity index (χ0v) is 14.5. The van der Waals surface area contributed by atoms with Gasteiger partial charge in [0.15, 0.2) is 0 Å². The van der Waals surface area contributed by atoms with Crippen molar-refractivity contribution in [3.05, 3.63) is 69.7 Å². The van der Waals surface area contributed by atoms with Crippen molar-refractivity contribution in [2.45, 2.75) is 19.6 Å². The van der Waals surface area contributed by atoms with Crippen LogP contribution in [0.25, 0.3) is 0 Å². The zero-order chi connectivity index (χ0) is 17.5. The Hall–Kier alpha value is -2.65. The second-order valence-corrected chi connectivity index (χ2v) is 5.99. The highest BCUT2D eigenvalue weighted by Crippen LogP contribution is 2.11. The Labute approximate surface area is 148 Å². The molecule has 0 unspecified atom stereocenters. The van der Waals surface area contributed by atoms with Crippen LogP contribution in [0.5, 0.6) is 0 Å². The largest absolute Gasteiger partial charge is 0.459 e. The Morgan fingerprint density at radius 3 is 2.54 bits per heavy atom. The first kappa shape index (κ1) is 17.7. The van der Waals surface area contributed by atoms with E-state index in [1.54, 1.807) is 55.5 Å². The maximum absolute atomic E-state index is 12.1. The topological polar surface area (TPSA) is 79.2 Å². The van der Waals surface area contributed by atoms with Crippen molar-refractivity contribution in [2.24, 2.45) is 0 Å². The van der Waals surface area contributed by atoms with Crippen LogP contribution in [0.1, 0.15) is 28.4 Å². The lowest BCUT2D eigenvalue weighted by atomic mass is 10.1. The first-order chi connectivity index (χ1) is 11.5. The molecule has 0 aliphatic carbocycles. The normalized spacial score (nSPS) is 11.2. The number of nitrogens with one attached hydrogen (secondary N) is 1. The van der Waals surface area contributed by atoms with Crippen LogP contribution in [0, 0.1) is 11.3 Å². The van der Waals surface area contributed by atoms with Crippen molar-refractivity contribution < 1.29 is 14.3 Å². The monoisotopic (exact) mass is 386 g/mol. The van der Waals surface area contributed by atoms with Gasteiger partial charge in [0.25, 0.3) is 5.91 Å². The fraction of sp³-hybridized carbons (Fsp3) is 0.167. The predicted molar refractivity (Wildman–Crippen MR) is 92.0 cm³/mol. The molecule has 2 aromatic carbocycles. The molecule has 1 amide bonds. The van der Waals surface area contributed by atoms with Crippen molar-refractivity contribution in [1.82, 2.24) is 5.32 Å². The first-order valence-corrected chi connectivity index (χ1v) is 8.01. The standard InChI is InChI=1S/C18H15BrN2O3/c1-12(21-17(22)13-6-8-16(19)9-7-13)18(23)24-11-15-5-3-2-4-14(15)10-20/h2-9,12H,11H2,1H3,(H,21,22)/t12-/m0/s1. The number of halogens is 1. The Morgan fingerprint density at radius 1 is 1.21 bits per heavy atom. The molecule has 2 aromatic rings. The lowest BCUT2D eigenvalue weighted by molar-refractivity contribution is -0.146. The van der Waals surface area contributed by atoms with Gasteiger partial charge >= 0.3 is 5.97 Å². The summed E-state index contributed by atoms with van der Waals surface area (Å²) in [4.78, 5) is 24.1. The SMILES string of the molecule is C[C@H](NC(=O)c1ccc(Br)cc1)C(=O)OCc1ccccc1C#N. The van der Waals surface area contributed by atoms with Crippen molar-refractivity contribution in [1.29, 1.82) is 5.26 Å². The van der Waals surface area contributed by atoms with Gasteiger partial charge in [0.1, 0.15) is 12.6 Å². The van der Waals surface area contributed by atoms with Crippen molar-refractivity contribution in [2.75, 3.05) is 0 Å². The van der Waals surface area contributed by atoms with E-state index in [1.807, 2.05) is 6.07 Å². The highest BCUT2D eigenvalue weighted by molar-refractivity contribution is 9.10. The van der Waals surface area contributed by atoms with E-state index in [-0.39, 0.29) is 12.5 Å². The lowest BCUT2D eigenvalue weighted by Crippen LogP contribution is -2.39. The van der Waals surface area contributed by atoms with Gasteiger partial charge in [-0.2, -0.15) is 5.26 Å². The summed E-state index contributed by atoms with van der Waals surface area (Å²) in [6.45, 7) is 1.54. The van der Waals surface area contributed by atoms with Crippen LogP contribution >= 0.6 is 15.9 Å². The number of rotatable bonds is 5. The van der Waals surface area contributed by atoms with Gasteiger partial charge < -0.3 is 10.1 Å². The molecule has 0 aliphatic heterocycles. The van der Waals surface area contributed by atoms with Gasteiger partial charge in [-0.3, -0.25) is 4.79 Å². The fourth-order valence-electron chi connectivity index (χ4n) is 1.97. The molecular weight excluding hydrogens is 372 g/mol. The van der Waals surface area contributed by atoms with Gasteiger partial charge in [-0.15, -0.1) is 0 Å². The van der Waals surface area contributed by atoms with Crippen molar-refractivity contribution >= 4 is 27.8 Å². The summed E-state index contributed by atoms with van der Waals surface area (Å²) in [5.41, 5.74) is 1.53. The smallest absolute Gasteiger partial charge is 0.328 e. The van der Waals surface area contributed by atoms with E-state index in [2.05, 4.69) is 21.2 Å². The minimum Gasteiger partial charge on any atom is -0.459 e. The summed E-state index contributed by atoms with van der Waals surface area (Å²) in [5.74, 6) is -0.919. The van der Waals surface area contributed by atoms with Gasteiger partial charge in [0.2, 0.25) is 0 Å². The summed E-state index contributed by atoms with van der Waals surface area (Å²) in [6.07, 6.45) is 0. The summed E-state index contributed by atoms with van der Waals surface area (Å²) in [5, 5.41) is 11.6. The fourth-order valence-corrected chi connectivity index (χ4v) is 2.23. The van der Waals surface area contributed by atoms with Crippen LogP contribution < -0.4 is 5.32 Å². The predicted octanol–water partition coefficient (Wildman–Crippen LogP) is 3.18. The molecule has 0 aromatic heterocycles. The molecule has 1 N–H and O–H groups in total. The molecule has 122 valence electrons. The Morgan fingerprint density at radius 2 is 1.88 bits per heavy atom. The second kappa shape index (κ2) is 8.27. The van der Waals surface area contributed by atoms with E-state index in [0.29, 0.717) is 16.7 Å². The minimum absolute atomic E-state index is 0.0128. The molecule has 0 spiro atoms. The van der Waals surface area contributed by atoms with Gasteiger partial charge in [0.05, 0.1) is 11.6 Å². The first-order valence-electron chi connectivity index (χ1n) is 7.22. The quantitative estimate of drug-likeness (QED) is 0.800. The molecule has 0 saturated carbocycles. The Kier molecular flexibility index (Phi) is 6.10.